The van der Waals surface area contributed by atoms with Crippen molar-refractivity contribution < 1.29 is 0 Å². The van der Waals surface area contributed by atoms with Crippen LogP contribution in [-0.2, 0) is 6.42 Å². The largest absolute Gasteiger partial charge is 0.306 e. The summed E-state index contributed by atoms with van der Waals surface area (Å²) in [5.74, 6) is 0. The normalized spacial score (nSPS) is 13.2. The fraction of sp³-hybridized carbons (Fsp3) is 0.538. The van der Waals surface area contributed by atoms with Crippen LogP contribution >= 0.6 is 0 Å². The molecule has 1 rings (SSSR count). The van der Waals surface area contributed by atoms with E-state index < -0.39 is 0 Å². The second-order valence-electron chi connectivity index (χ2n) is 4.22. The molecule has 0 aliphatic rings. The SMILES string of the molecule is CCC(Cc1ccc(C)cc1)N(C)C. The molecule has 1 nitrogen and oxygen atoms in total. The van der Waals surface area contributed by atoms with Crippen molar-refractivity contribution in [1.29, 1.82) is 0 Å². The minimum atomic E-state index is 0.665. The predicted molar refractivity (Wildman–Crippen MR) is 62.6 cm³/mol. The number of aryl methyl sites for hydroxylation is 1. The highest BCUT2D eigenvalue weighted by atomic mass is 15.1. The van der Waals surface area contributed by atoms with E-state index in [1.54, 1.807) is 0 Å². The lowest BCUT2D eigenvalue weighted by molar-refractivity contribution is 0.284. The standard InChI is InChI=1S/C13H21N/c1-5-13(14(3)4)10-12-8-6-11(2)7-9-12/h6-9,13H,5,10H2,1-4H3. The zero-order valence-electron chi connectivity index (χ0n) is 9.75. The average Bonchev–Trinajstić information content (AvgIpc) is 2.16. The summed E-state index contributed by atoms with van der Waals surface area (Å²) < 4.78 is 0. The van der Waals surface area contributed by atoms with E-state index in [0.29, 0.717) is 6.04 Å². The van der Waals surface area contributed by atoms with E-state index in [0.717, 1.165) is 6.42 Å². The number of nitrogens with zero attached hydrogens (tertiary/aromatic N) is 1. The summed E-state index contributed by atoms with van der Waals surface area (Å²) in [4.78, 5) is 2.31. The van der Waals surface area contributed by atoms with Gasteiger partial charge in [-0.05, 0) is 39.4 Å². The van der Waals surface area contributed by atoms with Crippen molar-refractivity contribution in [3.05, 3.63) is 35.4 Å². The molecule has 0 heterocycles. The molecule has 0 saturated heterocycles. The lowest BCUT2D eigenvalue weighted by atomic mass is 10.0. The fourth-order valence-electron chi connectivity index (χ4n) is 1.69. The first-order chi connectivity index (χ1) is 6.63. The third-order valence-corrected chi connectivity index (χ3v) is 2.79. The first-order valence-electron chi connectivity index (χ1n) is 5.35. The van der Waals surface area contributed by atoms with Gasteiger partial charge in [0.2, 0.25) is 0 Å². The van der Waals surface area contributed by atoms with Crippen molar-refractivity contribution in [3.8, 4) is 0 Å². The molecule has 0 radical (unpaired) electrons. The first-order valence-corrected chi connectivity index (χ1v) is 5.35. The highest BCUT2D eigenvalue weighted by molar-refractivity contribution is 5.22. The Balaban J connectivity index is 2.63. The Morgan fingerprint density at radius 2 is 1.71 bits per heavy atom. The average molecular weight is 191 g/mol. The van der Waals surface area contributed by atoms with Crippen LogP contribution in [0, 0.1) is 6.92 Å². The fourth-order valence-corrected chi connectivity index (χ4v) is 1.69. The van der Waals surface area contributed by atoms with Crippen LogP contribution in [0.2, 0.25) is 0 Å². The second-order valence-corrected chi connectivity index (χ2v) is 4.22. The molecule has 1 unspecified atom stereocenters. The summed E-state index contributed by atoms with van der Waals surface area (Å²) in [5, 5.41) is 0. The number of rotatable bonds is 4. The van der Waals surface area contributed by atoms with Crippen LogP contribution in [0.5, 0.6) is 0 Å². The van der Waals surface area contributed by atoms with E-state index in [1.165, 1.54) is 17.5 Å². The first kappa shape index (κ1) is 11.3. The van der Waals surface area contributed by atoms with Crippen molar-refractivity contribution in [3.63, 3.8) is 0 Å². The maximum absolute atomic E-state index is 2.31. The molecule has 78 valence electrons. The van der Waals surface area contributed by atoms with Gasteiger partial charge in [-0.1, -0.05) is 36.8 Å². The van der Waals surface area contributed by atoms with E-state index in [4.69, 9.17) is 0 Å². The minimum absolute atomic E-state index is 0.665. The van der Waals surface area contributed by atoms with E-state index in [1.807, 2.05) is 0 Å². The topological polar surface area (TPSA) is 3.24 Å². The maximum atomic E-state index is 2.31. The molecule has 1 aromatic carbocycles. The van der Waals surface area contributed by atoms with Crippen LogP contribution in [0.25, 0.3) is 0 Å². The van der Waals surface area contributed by atoms with Gasteiger partial charge in [0.1, 0.15) is 0 Å². The van der Waals surface area contributed by atoms with E-state index in [-0.39, 0.29) is 0 Å². The molecule has 1 atom stereocenters. The Morgan fingerprint density at radius 1 is 1.14 bits per heavy atom. The Kier molecular flexibility index (Phi) is 4.15. The highest BCUT2D eigenvalue weighted by Crippen LogP contribution is 2.10. The molecule has 0 aliphatic carbocycles. The Morgan fingerprint density at radius 3 is 2.14 bits per heavy atom. The summed E-state index contributed by atoms with van der Waals surface area (Å²) in [6.07, 6.45) is 2.37. The molecule has 0 fully saturated rings. The van der Waals surface area contributed by atoms with Gasteiger partial charge < -0.3 is 4.90 Å². The Bertz CT molecular complexity index is 261. The highest BCUT2D eigenvalue weighted by Gasteiger charge is 2.08. The molecule has 0 aliphatic heterocycles. The van der Waals surface area contributed by atoms with Gasteiger partial charge in [-0.25, -0.2) is 0 Å². The van der Waals surface area contributed by atoms with Gasteiger partial charge in [0.25, 0.3) is 0 Å². The third-order valence-electron chi connectivity index (χ3n) is 2.79. The van der Waals surface area contributed by atoms with Crippen LogP contribution < -0.4 is 0 Å². The molecule has 0 spiro atoms. The maximum Gasteiger partial charge on any atom is 0.0127 e. The van der Waals surface area contributed by atoms with Crippen molar-refractivity contribution in [1.82, 2.24) is 4.90 Å². The van der Waals surface area contributed by atoms with Crippen LogP contribution in [0.15, 0.2) is 24.3 Å². The summed E-state index contributed by atoms with van der Waals surface area (Å²) in [6, 6.07) is 9.52. The monoisotopic (exact) mass is 191 g/mol. The molecule has 0 aromatic heterocycles. The molecule has 0 amide bonds. The van der Waals surface area contributed by atoms with E-state index in [9.17, 15) is 0 Å². The second kappa shape index (κ2) is 5.16. The molecule has 0 N–H and O–H groups in total. The van der Waals surface area contributed by atoms with Crippen molar-refractivity contribution in [2.75, 3.05) is 14.1 Å². The summed E-state index contributed by atoms with van der Waals surface area (Å²) in [7, 11) is 4.31. The van der Waals surface area contributed by atoms with Gasteiger partial charge in [-0.3, -0.25) is 0 Å². The smallest absolute Gasteiger partial charge is 0.0127 e. The molecule has 0 bridgehead atoms. The van der Waals surface area contributed by atoms with Crippen molar-refractivity contribution in [2.45, 2.75) is 32.7 Å². The summed E-state index contributed by atoms with van der Waals surface area (Å²) in [6.45, 7) is 4.38. The molecule has 14 heavy (non-hydrogen) atoms. The predicted octanol–water partition coefficient (Wildman–Crippen LogP) is 2.88. The molecule has 1 heteroatoms. The summed E-state index contributed by atoms with van der Waals surface area (Å²) >= 11 is 0. The minimum Gasteiger partial charge on any atom is -0.306 e. The van der Waals surface area contributed by atoms with Crippen molar-refractivity contribution >= 4 is 0 Å². The van der Waals surface area contributed by atoms with Gasteiger partial charge in [0.05, 0.1) is 0 Å². The number of likely N-dealkylation sites (N-methyl/N-ethyl adjacent to an activating group) is 1. The zero-order chi connectivity index (χ0) is 10.6. The van der Waals surface area contributed by atoms with Gasteiger partial charge in [0, 0.05) is 6.04 Å². The summed E-state index contributed by atoms with van der Waals surface area (Å²) in [5.41, 5.74) is 2.78. The quantitative estimate of drug-likeness (QED) is 0.707. The third kappa shape index (κ3) is 3.15. The zero-order valence-corrected chi connectivity index (χ0v) is 9.75. The number of benzene rings is 1. The van der Waals surface area contributed by atoms with Crippen LogP contribution in [0.1, 0.15) is 24.5 Å². The van der Waals surface area contributed by atoms with E-state index in [2.05, 4.69) is 57.1 Å². The number of hydrogen-bond donors (Lipinski definition) is 0. The Labute approximate surface area is 87.7 Å². The Hall–Kier alpha value is -0.820. The lowest BCUT2D eigenvalue weighted by Gasteiger charge is -2.22. The van der Waals surface area contributed by atoms with Crippen LogP contribution in [0.4, 0.5) is 0 Å². The van der Waals surface area contributed by atoms with Crippen LogP contribution in [-0.4, -0.2) is 25.0 Å². The lowest BCUT2D eigenvalue weighted by Crippen LogP contribution is -2.29. The van der Waals surface area contributed by atoms with Crippen LogP contribution in [0.3, 0.4) is 0 Å². The van der Waals surface area contributed by atoms with E-state index >= 15 is 0 Å². The van der Waals surface area contributed by atoms with Gasteiger partial charge in [-0.15, -0.1) is 0 Å². The van der Waals surface area contributed by atoms with Gasteiger partial charge in [-0.2, -0.15) is 0 Å². The van der Waals surface area contributed by atoms with Gasteiger partial charge >= 0.3 is 0 Å². The molecule has 1 aromatic rings. The number of hydrogen-bond acceptors (Lipinski definition) is 1. The van der Waals surface area contributed by atoms with Gasteiger partial charge in [0.15, 0.2) is 0 Å². The van der Waals surface area contributed by atoms with Crippen molar-refractivity contribution in [2.24, 2.45) is 0 Å². The molecular weight excluding hydrogens is 170 g/mol. The molecular formula is C13H21N. The molecule has 0 saturated carbocycles.